The number of imidazole rings is 1. The van der Waals surface area contributed by atoms with Gasteiger partial charge in [-0.2, -0.15) is 4.52 Å². The van der Waals surface area contributed by atoms with Crippen LogP contribution in [0.2, 0.25) is 0 Å². The zero-order valence-corrected chi connectivity index (χ0v) is 17.1. The number of rotatable bonds is 9. The average molecular weight is 420 g/mol. The standard InChI is InChI=1S/C20H24N10O/c1-31-7-6-22-15-5-4-14(8-17(15)29-11-24-25-12-29)27-19-9-16(26-13-2-3-13)20-23-10-18(21)30(20)28-19/h4-5,8-13,22,26H,2-3,6-7,21H2,1H3,(H,27,28). The van der Waals surface area contributed by atoms with Crippen LogP contribution in [0.1, 0.15) is 12.8 Å². The van der Waals surface area contributed by atoms with Crippen LogP contribution in [0, 0.1) is 0 Å². The van der Waals surface area contributed by atoms with Crippen molar-refractivity contribution in [3.63, 3.8) is 0 Å². The van der Waals surface area contributed by atoms with Gasteiger partial charge in [-0.1, -0.05) is 0 Å². The van der Waals surface area contributed by atoms with E-state index >= 15 is 0 Å². The van der Waals surface area contributed by atoms with E-state index in [2.05, 4.69) is 36.2 Å². The Morgan fingerprint density at radius 2 is 2.00 bits per heavy atom. The molecule has 0 aliphatic heterocycles. The fraction of sp³-hybridized carbons (Fsp3) is 0.300. The van der Waals surface area contributed by atoms with Gasteiger partial charge in [-0.25, -0.2) is 4.98 Å². The van der Waals surface area contributed by atoms with Gasteiger partial charge in [0.15, 0.2) is 11.5 Å². The Morgan fingerprint density at radius 1 is 1.16 bits per heavy atom. The lowest BCUT2D eigenvalue weighted by molar-refractivity contribution is 0.211. The van der Waals surface area contributed by atoms with E-state index in [1.54, 1.807) is 30.5 Å². The van der Waals surface area contributed by atoms with Crippen molar-refractivity contribution in [2.24, 2.45) is 0 Å². The van der Waals surface area contributed by atoms with Crippen molar-refractivity contribution < 1.29 is 4.74 Å². The first-order chi connectivity index (χ1) is 15.2. The average Bonchev–Trinajstić information content (AvgIpc) is 3.26. The van der Waals surface area contributed by atoms with Crippen LogP contribution in [0.25, 0.3) is 11.3 Å². The molecule has 5 rings (SSSR count). The highest BCUT2D eigenvalue weighted by Gasteiger charge is 2.23. The molecule has 0 unspecified atom stereocenters. The number of fused-ring (bicyclic) bond motifs is 1. The molecule has 0 atom stereocenters. The van der Waals surface area contributed by atoms with Crippen molar-refractivity contribution in [3.8, 4) is 5.69 Å². The number of hydrogen-bond donors (Lipinski definition) is 4. The summed E-state index contributed by atoms with van der Waals surface area (Å²) >= 11 is 0. The van der Waals surface area contributed by atoms with Crippen molar-refractivity contribution in [1.82, 2.24) is 29.4 Å². The summed E-state index contributed by atoms with van der Waals surface area (Å²) < 4.78 is 8.64. The number of nitrogens with zero attached hydrogens (tertiary/aromatic N) is 6. The minimum atomic E-state index is 0.481. The number of nitrogens with two attached hydrogens (primary N) is 1. The van der Waals surface area contributed by atoms with Crippen LogP contribution in [0.15, 0.2) is 43.1 Å². The van der Waals surface area contributed by atoms with E-state index in [1.165, 1.54) is 0 Å². The summed E-state index contributed by atoms with van der Waals surface area (Å²) in [7, 11) is 1.68. The molecule has 0 bridgehead atoms. The third-order valence-corrected chi connectivity index (χ3v) is 5.02. The fourth-order valence-electron chi connectivity index (χ4n) is 3.33. The van der Waals surface area contributed by atoms with Crippen LogP contribution < -0.4 is 21.7 Å². The normalized spacial score (nSPS) is 13.5. The second kappa shape index (κ2) is 8.11. The third kappa shape index (κ3) is 4.08. The molecule has 3 heterocycles. The Balaban J connectivity index is 1.47. The minimum Gasteiger partial charge on any atom is -0.383 e. The molecule has 0 amide bonds. The van der Waals surface area contributed by atoms with Gasteiger partial charge in [0, 0.05) is 31.5 Å². The number of aromatic nitrogens is 6. The summed E-state index contributed by atoms with van der Waals surface area (Å²) in [4.78, 5) is 4.39. The lowest BCUT2D eigenvalue weighted by atomic mass is 10.2. The summed E-state index contributed by atoms with van der Waals surface area (Å²) in [5.74, 6) is 1.15. The van der Waals surface area contributed by atoms with Gasteiger partial charge < -0.3 is 26.4 Å². The van der Waals surface area contributed by atoms with Crippen LogP contribution >= 0.6 is 0 Å². The predicted octanol–water partition coefficient (Wildman–Crippen LogP) is 2.27. The third-order valence-electron chi connectivity index (χ3n) is 5.02. The molecule has 0 spiro atoms. The van der Waals surface area contributed by atoms with Crippen LogP contribution in [-0.2, 0) is 4.74 Å². The molecular weight excluding hydrogens is 396 g/mol. The predicted molar refractivity (Wildman–Crippen MR) is 119 cm³/mol. The highest BCUT2D eigenvalue weighted by atomic mass is 16.5. The monoisotopic (exact) mass is 420 g/mol. The van der Waals surface area contributed by atoms with Crippen molar-refractivity contribution in [2.45, 2.75) is 18.9 Å². The smallest absolute Gasteiger partial charge is 0.179 e. The first kappa shape index (κ1) is 19.1. The van der Waals surface area contributed by atoms with Crippen molar-refractivity contribution in [2.75, 3.05) is 41.9 Å². The van der Waals surface area contributed by atoms with Crippen LogP contribution in [0.3, 0.4) is 0 Å². The molecule has 160 valence electrons. The number of ether oxygens (including phenoxy) is 1. The van der Waals surface area contributed by atoms with E-state index < -0.39 is 0 Å². The summed E-state index contributed by atoms with van der Waals surface area (Å²) in [6.45, 7) is 1.29. The van der Waals surface area contributed by atoms with Crippen LogP contribution in [-0.4, -0.2) is 55.7 Å². The Labute approximate surface area is 178 Å². The molecule has 1 fully saturated rings. The maximum Gasteiger partial charge on any atom is 0.179 e. The number of methoxy groups -OCH3 is 1. The molecule has 4 aromatic rings. The summed E-state index contributed by atoms with van der Waals surface area (Å²) in [5.41, 5.74) is 10.4. The molecule has 5 N–H and O–H groups in total. The molecule has 11 nitrogen and oxygen atoms in total. The lowest BCUT2D eigenvalue weighted by Crippen LogP contribution is -2.10. The van der Waals surface area contributed by atoms with E-state index in [0.717, 1.165) is 41.2 Å². The maximum atomic E-state index is 6.07. The molecular formula is C20H24N10O. The van der Waals surface area contributed by atoms with Gasteiger partial charge in [-0.05, 0) is 31.0 Å². The second-order valence-electron chi connectivity index (χ2n) is 7.43. The van der Waals surface area contributed by atoms with Gasteiger partial charge in [-0.15, -0.1) is 15.3 Å². The number of nitrogen functional groups attached to an aromatic ring is 1. The number of anilines is 5. The molecule has 1 aliphatic rings. The van der Waals surface area contributed by atoms with E-state index in [1.807, 2.05) is 28.8 Å². The van der Waals surface area contributed by atoms with Crippen LogP contribution in [0.4, 0.5) is 28.7 Å². The number of benzene rings is 1. The van der Waals surface area contributed by atoms with Crippen molar-refractivity contribution in [1.29, 1.82) is 0 Å². The summed E-state index contributed by atoms with van der Waals surface area (Å²) in [5, 5.41) is 22.7. The largest absolute Gasteiger partial charge is 0.383 e. The molecule has 11 heteroatoms. The first-order valence-corrected chi connectivity index (χ1v) is 10.1. The fourth-order valence-corrected chi connectivity index (χ4v) is 3.33. The molecule has 0 saturated heterocycles. The van der Waals surface area contributed by atoms with Gasteiger partial charge >= 0.3 is 0 Å². The maximum absolute atomic E-state index is 6.07. The molecule has 0 radical (unpaired) electrons. The zero-order chi connectivity index (χ0) is 21.2. The van der Waals surface area contributed by atoms with Crippen molar-refractivity contribution in [3.05, 3.63) is 43.1 Å². The van der Waals surface area contributed by atoms with E-state index in [0.29, 0.717) is 30.8 Å². The molecule has 3 aromatic heterocycles. The van der Waals surface area contributed by atoms with Crippen LogP contribution in [0.5, 0.6) is 0 Å². The summed E-state index contributed by atoms with van der Waals surface area (Å²) in [6.07, 6.45) is 7.26. The Bertz CT molecular complexity index is 1180. The summed E-state index contributed by atoms with van der Waals surface area (Å²) in [6, 6.07) is 8.44. The molecule has 31 heavy (non-hydrogen) atoms. The SMILES string of the molecule is COCCNc1ccc(Nc2cc(NC3CC3)c3ncc(N)n3n2)cc1-n1cnnc1. The Hall–Kier alpha value is -3.86. The molecule has 1 aromatic carbocycles. The number of hydrogen-bond acceptors (Lipinski definition) is 9. The topological polar surface area (TPSA) is 132 Å². The Kier molecular flexibility index (Phi) is 5.00. The minimum absolute atomic E-state index is 0.481. The molecule has 1 aliphatic carbocycles. The quantitative estimate of drug-likeness (QED) is 0.301. The Morgan fingerprint density at radius 3 is 2.77 bits per heavy atom. The van der Waals surface area contributed by atoms with Gasteiger partial charge in [0.05, 0.1) is 29.9 Å². The van der Waals surface area contributed by atoms with E-state index in [4.69, 9.17) is 10.5 Å². The van der Waals surface area contributed by atoms with Gasteiger partial charge in [0.25, 0.3) is 0 Å². The van der Waals surface area contributed by atoms with Crippen molar-refractivity contribution >= 4 is 34.3 Å². The van der Waals surface area contributed by atoms with Gasteiger partial charge in [0.1, 0.15) is 18.5 Å². The van der Waals surface area contributed by atoms with Gasteiger partial charge in [-0.3, -0.25) is 4.57 Å². The number of nitrogens with one attached hydrogen (secondary N) is 3. The zero-order valence-electron chi connectivity index (χ0n) is 17.1. The molecule has 1 saturated carbocycles. The van der Waals surface area contributed by atoms with E-state index in [9.17, 15) is 0 Å². The lowest BCUT2D eigenvalue weighted by Gasteiger charge is -2.15. The second-order valence-corrected chi connectivity index (χ2v) is 7.43. The highest BCUT2D eigenvalue weighted by molar-refractivity contribution is 5.76. The highest BCUT2D eigenvalue weighted by Crippen LogP contribution is 2.31. The van der Waals surface area contributed by atoms with E-state index in [-0.39, 0.29) is 0 Å². The van der Waals surface area contributed by atoms with Gasteiger partial charge in [0.2, 0.25) is 0 Å². The first-order valence-electron chi connectivity index (χ1n) is 10.1.